The molecule has 1 aliphatic rings. The average Bonchev–Trinajstić information content (AvgIpc) is 2.92. The Morgan fingerprint density at radius 1 is 1.11 bits per heavy atom. The molecule has 1 atom stereocenters. The van der Waals surface area contributed by atoms with Crippen LogP contribution in [0.3, 0.4) is 0 Å². The Morgan fingerprint density at radius 3 is 2.36 bits per heavy atom. The van der Waals surface area contributed by atoms with E-state index < -0.39 is 22.0 Å². The number of unbranched alkanes of at least 4 members (excludes halogenated alkanes) is 2. The van der Waals surface area contributed by atoms with Crippen molar-refractivity contribution in [2.24, 2.45) is 5.92 Å². The Balaban J connectivity index is 1.88. The van der Waals surface area contributed by atoms with Gasteiger partial charge in [-0.15, -0.1) is 0 Å². The standard InChI is InChI=1S/C26H37N3O6S/c1-3-4-5-18-35-23-8-6-21(7-9-23)25(26(30)28-31)29(19-20-14-16-27-17-15-20)36(32,33)24-12-10-22(34-2)11-13-24/h10-17,21,23,25,31H,3-9,18-19H2,1-2H3,(H,28,30)/t21?,23?,25-/m1/s1. The molecule has 1 fully saturated rings. The van der Waals surface area contributed by atoms with Gasteiger partial charge in [-0.1, -0.05) is 19.8 Å². The fourth-order valence-electron chi connectivity index (χ4n) is 4.70. The number of amides is 1. The highest BCUT2D eigenvalue weighted by atomic mass is 32.2. The van der Waals surface area contributed by atoms with E-state index in [1.54, 1.807) is 42.1 Å². The lowest BCUT2D eigenvalue weighted by Gasteiger charge is -2.38. The molecule has 0 aliphatic heterocycles. The first-order chi connectivity index (χ1) is 17.4. The van der Waals surface area contributed by atoms with Crippen LogP contribution in [0.25, 0.3) is 0 Å². The summed E-state index contributed by atoms with van der Waals surface area (Å²) < 4.78 is 40.2. The number of nitrogens with one attached hydrogen (secondary N) is 1. The summed E-state index contributed by atoms with van der Waals surface area (Å²) in [5.41, 5.74) is 2.41. The zero-order valence-electron chi connectivity index (χ0n) is 21.0. The second-order valence-corrected chi connectivity index (χ2v) is 11.0. The highest BCUT2D eigenvalue weighted by Gasteiger charge is 2.42. The molecule has 0 spiro atoms. The van der Waals surface area contributed by atoms with Gasteiger partial charge in [-0.05, 0) is 80.0 Å². The lowest BCUT2D eigenvalue weighted by Crippen LogP contribution is -2.53. The molecule has 9 nitrogen and oxygen atoms in total. The molecule has 36 heavy (non-hydrogen) atoms. The molecule has 1 amide bonds. The third kappa shape index (κ3) is 7.25. The second kappa shape index (κ2) is 13.7. The monoisotopic (exact) mass is 519 g/mol. The maximum absolute atomic E-state index is 13.9. The van der Waals surface area contributed by atoms with E-state index in [0.29, 0.717) is 30.8 Å². The largest absolute Gasteiger partial charge is 0.497 e. The molecular weight excluding hydrogens is 482 g/mol. The van der Waals surface area contributed by atoms with Crippen molar-refractivity contribution >= 4 is 15.9 Å². The van der Waals surface area contributed by atoms with Crippen LogP contribution in [-0.4, -0.2) is 54.7 Å². The predicted octanol–water partition coefficient (Wildman–Crippen LogP) is 3.92. The molecule has 1 saturated carbocycles. The van der Waals surface area contributed by atoms with Crippen LogP contribution in [0.15, 0.2) is 53.7 Å². The number of carbonyl (C=O) groups excluding carboxylic acids is 1. The van der Waals surface area contributed by atoms with Crippen molar-refractivity contribution in [3.63, 3.8) is 0 Å². The third-order valence-corrected chi connectivity index (χ3v) is 8.55. The number of benzene rings is 1. The van der Waals surface area contributed by atoms with Crippen LogP contribution >= 0.6 is 0 Å². The summed E-state index contributed by atoms with van der Waals surface area (Å²) in [4.78, 5) is 17.1. The number of methoxy groups -OCH3 is 1. The molecule has 2 aromatic rings. The maximum atomic E-state index is 13.9. The molecule has 0 saturated heterocycles. The SMILES string of the molecule is CCCCCOC1CCC([C@H](C(=O)NO)N(Cc2ccncc2)S(=O)(=O)c2ccc(OC)cc2)CC1. The van der Waals surface area contributed by atoms with Crippen molar-refractivity contribution in [2.75, 3.05) is 13.7 Å². The van der Waals surface area contributed by atoms with Gasteiger partial charge in [0.05, 0.1) is 18.1 Å². The quantitative estimate of drug-likeness (QED) is 0.234. The zero-order chi connectivity index (χ0) is 26.0. The number of hydroxylamine groups is 1. The first-order valence-electron chi connectivity index (χ1n) is 12.5. The Labute approximate surface area is 213 Å². The minimum Gasteiger partial charge on any atom is -0.497 e. The molecule has 0 radical (unpaired) electrons. The van der Waals surface area contributed by atoms with Gasteiger partial charge in [0, 0.05) is 25.5 Å². The molecular formula is C26H37N3O6S. The second-order valence-electron chi connectivity index (χ2n) is 9.12. The number of sulfonamides is 1. The number of carbonyl (C=O) groups is 1. The highest BCUT2D eigenvalue weighted by Crippen LogP contribution is 2.34. The van der Waals surface area contributed by atoms with E-state index in [4.69, 9.17) is 9.47 Å². The van der Waals surface area contributed by atoms with Crippen molar-refractivity contribution in [3.8, 4) is 5.75 Å². The molecule has 1 heterocycles. The van der Waals surface area contributed by atoms with Crippen molar-refractivity contribution in [3.05, 3.63) is 54.4 Å². The Kier molecular flexibility index (Phi) is 10.7. The van der Waals surface area contributed by atoms with E-state index >= 15 is 0 Å². The minimum absolute atomic E-state index is 0.0393. The van der Waals surface area contributed by atoms with Gasteiger partial charge in [-0.3, -0.25) is 15.0 Å². The van der Waals surface area contributed by atoms with E-state index in [1.807, 2.05) is 0 Å². The minimum atomic E-state index is -4.11. The van der Waals surface area contributed by atoms with Gasteiger partial charge in [-0.2, -0.15) is 4.31 Å². The summed E-state index contributed by atoms with van der Waals surface area (Å²) in [5, 5.41) is 9.60. The smallest absolute Gasteiger partial charge is 0.262 e. The number of rotatable bonds is 13. The topological polar surface area (TPSA) is 118 Å². The lowest BCUT2D eigenvalue weighted by molar-refractivity contribution is -0.136. The molecule has 10 heteroatoms. The number of hydrogen-bond acceptors (Lipinski definition) is 7. The summed E-state index contributed by atoms with van der Waals surface area (Å²) in [5.74, 6) is -0.493. The van der Waals surface area contributed by atoms with Gasteiger partial charge in [0.25, 0.3) is 5.91 Å². The normalized spacial score (nSPS) is 19.1. The summed E-state index contributed by atoms with van der Waals surface area (Å²) >= 11 is 0. The van der Waals surface area contributed by atoms with Crippen LogP contribution in [0.2, 0.25) is 0 Å². The lowest BCUT2D eigenvalue weighted by atomic mass is 9.82. The first kappa shape index (κ1) is 28.0. The molecule has 2 N–H and O–H groups in total. The summed E-state index contributed by atoms with van der Waals surface area (Å²) in [6.45, 7) is 2.82. The Morgan fingerprint density at radius 2 is 1.78 bits per heavy atom. The van der Waals surface area contributed by atoms with Crippen LogP contribution in [-0.2, 0) is 26.1 Å². The van der Waals surface area contributed by atoms with E-state index in [-0.39, 0.29) is 23.5 Å². The number of nitrogens with zero attached hydrogens (tertiary/aromatic N) is 2. The molecule has 1 aromatic heterocycles. The van der Waals surface area contributed by atoms with Crippen molar-refractivity contribution in [1.29, 1.82) is 0 Å². The highest BCUT2D eigenvalue weighted by molar-refractivity contribution is 7.89. The van der Waals surface area contributed by atoms with E-state index in [0.717, 1.165) is 32.1 Å². The summed E-state index contributed by atoms with van der Waals surface area (Å²) in [6, 6.07) is 8.40. The number of hydrogen-bond donors (Lipinski definition) is 2. The third-order valence-electron chi connectivity index (χ3n) is 6.71. The molecule has 0 unspecified atom stereocenters. The van der Waals surface area contributed by atoms with Crippen LogP contribution < -0.4 is 10.2 Å². The maximum Gasteiger partial charge on any atom is 0.262 e. The van der Waals surface area contributed by atoms with Crippen LogP contribution in [0, 0.1) is 5.92 Å². The molecule has 198 valence electrons. The average molecular weight is 520 g/mol. The first-order valence-corrected chi connectivity index (χ1v) is 13.9. The van der Waals surface area contributed by atoms with Gasteiger partial charge in [0.15, 0.2) is 0 Å². The Bertz CT molecular complexity index is 1040. The van der Waals surface area contributed by atoms with E-state index in [1.165, 1.54) is 23.5 Å². The number of pyridine rings is 1. The molecule has 3 rings (SSSR count). The van der Waals surface area contributed by atoms with Gasteiger partial charge in [0.2, 0.25) is 10.0 Å². The Hall–Kier alpha value is -2.53. The summed E-state index contributed by atoms with van der Waals surface area (Å²) in [6.07, 6.45) is 9.23. The van der Waals surface area contributed by atoms with Crippen molar-refractivity contribution < 1.29 is 27.9 Å². The predicted molar refractivity (Wildman–Crippen MR) is 135 cm³/mol. The molecule has 1 aromatic carbocycles. The van der Waals surface area contributed by atoms with Crippen molar-refractivity contribution in [1.82, 2.24) is 14.8 Å². The van der Waals surface area contributed by atoms with Crippen LogP contribution in [0.1, 0.15) is 57.4 Å². The fraction of sp³-hybridized carbons (Fsp3) is 0.538. The molecule has 0 bridgehead atoms. The van der Waals surface area contributed by atoms with Gasteiger partial charge in [-0.25, -0.2) is 13.9 Å². The van der Waals surface area contributed by atoms with E-state index in [2.05, 4.69) is 11.9 Å². The fourth-order valence-corrected chi connectivity index (χ4v) is 6.34. The van der Waals surface area contributed by atoms with Crippen LogP contribution in [0.4, 0.5) is 0 Å². The van der Waals surface area contributed by atoms with Crippen LogP contribution in [0.5, 0.6) is 5.75 Å². The van der Waals surface area contributed by atoms with Crippen molar-refractivity contribution in [2.45, 2.75) is 75.5 Å². The van der Waals surface area contributed by atoms with Gasteiger partial charge in [0.1, 0.15) is 11.8 Å². The number of aromatic nitrogens is 1. The zero-order valence-corrected chi connectivity index (χ0v) is 21.8. The number of ether oxygens (including phenoxy) is 2. The van der Waals surface area contributed by atoms with Gasteiger partial charge < -0.3 is 9.47 Å². The molecule has 1 aliphatic carbocycles. The van der Waals surface area contributed by atoms with Gasteiger partial charge >= 0.3 is 0 Å². The van der Waals surface area contributed by atoms with E-state index in [9.17, 15) is 18.4 Å². The summed E-state index contributed by atoms with van der Waals surface area (Å²) in [7, 11) is -2.60.